The third kappa shape index (κ3) is 2.21. The van der Waals surface area contributed by atoms with Crippen molar-refractivity contribution in [2.75, 3.05) is 0 Å². The number of carboxylic acids is 1. The van der Waals surface area contributed by atoms with Gasteiger partial charge in [0.2, 0.25) is 5.91 Å². The average Bonchev–Trinajstić information content (AvgIpc) is 3.10. The Morgan fingerprint density at radius 1 is 1.57 bits per heavy atom. The summed E-state index contributed by atoms with van der Waals surface area (Å²) in [6.07, 6.45) is 3.70. The molecule has 3 aliphatic heterocycles. The van der Waals surface area contributed by atoms with Crippen LogP contribution in [0.3, 0.4) is 0 Å². The van der Waals surface area contributed by atoms with Gasteiger partial charge in [0.05, 0.1) is 16.3 Å². The van der Waals surface area contributed by atoms with Crippen molar-refractivity contribution >= 4 is 35.4 Å². The number of fused-ring (bicyclic) bond motifs is 2. The summed E-state index contributed by atoms with van der Waals surface area (Å²) in [6.45, 7) is 2.36. The number of carbonyl (C=O) groups is 2. The highest BCUT2D eigenvalue weighted by Gasteiger charge is 2.58. The lowest BCUT2D eigenvalue weighted by molar-refractivity contribution is -0.156. The van der Waals surface area contributed by atoms with Gasteiger partial charge in [0.1, 0.15) is 11.2 Å². The molecule has 2 N–H and O–H groups in total. The van der Waals surface area contributed by atoms with Crippen LogP contribution in [0.4, 0.5) is 0 Å². The molecule has 0 radical (unpaired) electrons. The summed E-state index contributed by atoms with van der Waals surface area (Å²) in [5.74, 6) is -0.906. The second kappa shape index (κ2) is 5.29. The molecular formula is C14H15N3O4S2. The van der Waals surface area contributed by atoms with Crippen LogP contribution in [0.25, 0.3) is 0 Å². The molecule has 23 heavy (non-hydrogen) atoms. The van der Waals surface area contributed by atoms with E-state index in [9.17, 15) is 19.8 Å². The zero-order chi connectivity index (χ0) is 16.3. The fraction of sp³-hybridized carbons (Fsp3) is 0.500. The van der Waals surface area contributed by atoms with E-state index in [2.05, 4.69) is 9.55 Å². The third-order valence-corrected chi connectivity index (χ3v) is 7.14. The van der Waals surface area contributed by atoms with Crippen molar-refractivity contribution in [3.63, 3.8) is 0 Å². The van der Waals surface area contributed by atoms with E-state index in [4.69, 9.17) is 0 Å². The van der Waals surface area contributed by atoms with E-state index in [1.165, 1.54) is 28.4 Å². The minimum Gasteiger partial charge on any atom is -0.477 e. The lowest BCUT2D eigenvalue weighted by atomic mass is 9.92. The molecule has 7 nitrogen and oxygen atoms in total. The molecule has 3 aliphatic rings. The maximum atomic E-state index is 12.2. The van der Waals surface area contributed by atoms with Crippen LogP contribution in [0.2, 0.25) is 0 Å². The molecule has 0 bridgehead atoms. The SMILES string of the molecule is C[C@@H](O)[C@H]1C(=O)N2C(C(=O)O)=C(S[C@H]3Cc4nccn4C3)S[C@H]12. The maximum Gasteiger partial charge on any atom is 0.354 e. The maximum absolute atomic E-state index is 12.2. The van der Waals surface area contributed by atoms with Gasteiger partial charge < -0.3 is 14.8 Å². The molecule has 1 fully saturated rings. The van der Waals surface area contributed by atoms with Gasteiger partial charge in [-0.3, -0.25) is 9.69 Å². The zero-order valence-electron chi connectivity index (χ0n) is 12.2. The minimum absolute atomic E-state index is 0.0661. The van der Waals surface area contributed by atoms with Gasteiger partial charge in [-0.1, -0.05) is 11.8 Å². The molecule has 0 unspecified atom stereocenters. The Bertz CT molecular complexity index is 709. The summed E-state index contributed by atoms with van der Waals surface area (Å²) in [4.78, 5) is 29.4. The van der Waals surface area contributed by atoms with Gasteiger partial charge in [0.15, 0.2) is 5.70 Å². The molecule has 1 amide bonds. The Kier molecular flexibility index (Phi) is 3.47. The van der Waals surface area contributed by atoms with Crippen molar-refractivity contribution in [1.29, 1.82) is 0 Å². The molecular weight excluding hydrogens is 338 g/mol. The highest BCUT2D eigenvalue weighted by Crippen LogP contribution is 2.55. The molecule has 0 aliphatic carbocycles. The number of rotatable bonds is 4. The molecule has 4 rings (SSSR count). The van der Waals surface area contributed by atoms with E-state index in [1.54, 1.807) is 13.1 Å². The topological polar surface area (TPSA) is 95.7 Å². The standard InChI is InChI=1S/C14H15N3O4S2/c1-6(18)9-11(19)17-10(13(20)21)14(23-12(9)17)22-7-4-8-15-2-3-16(8)5-7/h2-3,6-7,9,12,18H,4-5H2,1H3,(H,20,21)/t6-,7+,9+,12-/m1/s1. The van der Waals surface area contributed by atoms with Gasteiger partial charge in [0.25, 0.3) is 0 Å². The summed E-state index contributed by atoms with van der Waals surface area (Å²) >= 11 is 2.88. The van der Waals surface area contributed by atoms with E-state index in [-0.39, 0.29) is 22.2 Å². The Morgan fingerprint density at radius 2 is 2.35 bits per heavy atom. The number of imidazole rings is 1. The summed E-state index contributed by atoms with van der Waals surface area (Å²) in [5.41, 5.74) is 0.0661. The summed E-state index contributed by atoms with van der Waals surface area (Å²) in [6, 6.07) is 0. The molecule has 4 atom stereocenters. The van der Waals surface area contributed by atoms with E-state index in [0.717, 1.165) is 18.8 Å². The quantitative estimate of drug-likeness (QED) is 0.770. The highest BCUT2D eigenvalue weighted by molar-refractivity contribution is 8.23. The number of amides is 1. The molecule has 9 heteroatoms. The number of carboxylic acid groups (broad SMARTS) is 1. The van der Waals surface area contributed by atoms with Gasteiger partial charge in [-0.05, 0) is 6.92 Å². The van der Waals surface area contributed by atoms with E-state index >= 15 is 0 Å². The first-order chi connectivity index (χ1) is 11.0. The van der Waals surface area contributed by atoms with Gasteiger partial charge in [0, 0.05) is 30.6 Å². The smallest absolute Gasteiger partial charge is 0.354 e. The van der Waals surface area contributed by atoms with Crippen molar-refractivity contribution in [2.45, 2.75) is 36.6 Å². The molecule has 0 aromatic carbocycles. The van der Waals surface area contributed by atoms with Crippen LogP contribution in [-0.4, -0.2) is 53.3 Å². The molecule has 1 aromatic rings. The van der Waals surface area contributed by atoms with E-state index in [1.807, 2.05) is 6.20 Å². The molecule has 122 valence electrons. The van der Waals surface area contributed by atoms with Crippen LogP contribution >= 0.6 is 23.5 Å². The van der Waals surface area contributed by atoms with E-state index < -0.39 is 18.0 Å². The Labute approximate surface area is 140 Å². The predicted molar refractivity (Wildman–Crippen MR) is 85.4 cm³/mol. The number of aliphatic hydroxyl groups excluding tert-OH is 1. The van der Waals surface area contributed by atoms with Gasteiger partial charge >= 0.3 is 5.97 Å². The fourth-order valence-electron chi connectivity index (χ4n) is 3.25. The minimum atomic E-state index is -1.09. The second-order valence-corrected chi connectivity index (χ2v) is 8.56. The largest absolute Gasteiger partial charge is 0.477 e. The monoisotopic (exact) mass is 353 g/mol. The number of aliphatic hydroxyl groups is 1. The normalized spacial score (nSPS) is 30.3. The van der Waals surface area contributed by atoms with Crippen molar-refractivity contribution in [3.8, 4) is 0 Å². The zero-order valence-corrected chi connectivity index (χ0v) is 13.9. The van der Waals surface area contributed by atoms with Crippen molar-refractivity contribution in [1.82, 2.24) is 14.5 Å². The third-order valence-electron chi connectivity index (χ3n) is 4.35. The first kappa shape index (κ1) is 15.1. The molecule has 1 saturated heterocycles. The van der Waals surface area contributed by atoms with Gasteiger partial charge in [-0.25, -0.2) is 9.78 Å². The molecule has 0 saturated carbocycles. The molecule has 4 heterocycles. The lowest BCUT2D eigenvalue weighted by Crippen LogP contribution is -2.60. The van der Waals surface area contributed by atoms with Crippen LogP contribution in [-0.2, 0) is 22.6 Å². The number of β-lactam (4-membered cyclic amide) rings is 1. The first-order valence-corrected chi connectivity index (χ1v) is 9.05. The lowest BCUT2D eigenvalue weighted by Gasteiger charge is -2.43. The number of carbonyl (C=O) groups excluding carboxylic acids is 1. The molecule has 1 aromatic heterocycles. The van der Waals surface area contributed by atoms with Crippen molar-refractivity contribution in [3.05, 3.63) is 28.2 Å². The number of aromatic nitrogens is 2. The summed E-state index contributed by atoms with van der Waals surface area (Å²) in [7, 11) is 0. The average molecular weight is 353 g/mol. The number of hydrogen-bond acceptors (Lipinski definition) is 6. The molecule has 0 spiro atoms. The Hall–Kier alpha value is -1.45. The highest BCUT2D eigenvalue weighted by atomic mass is 32.2. The van der Waals surface area contributed by atoms with Crippen LogP contribution < -0.4 is 0 Å². The van der Waals surface area contributed by atoms with Gasteiger partial charge in [-0.15, -0.1) is 11.8 Å². The Balaban J connectivity index is 1.55. The predicted octanol–water partition coefficient (Wildman–Crippen LogP) is 0.707. The van der Waals surface area contributed by atoms with Crippen LogP contribution in [0, 0.1) is 5.92 Å². The second-order valence-electron chi connectivity index (χ2n) is 5.86. The van der Waals surface area contributed by atoms with Crippen molar-refractivity contribution < 1.29 is 19.8 Å². The summed E-state index contributed by atoms with van der Waals surface area (Å²) < 4.78 is 2.73. The van der Waals surface area contributed by atoms with Crippen LogP contribution in [0.1, 0.15) is 12.7 Å². The number of aliphatic carboxylic acids is 1. The number of thioether (sulfide) groups is 2. The van der Waals surface area contributed by atoms with E-state index in [0.29, 0.717) is 4.24 Å². The van der Waals surface area contributed by atoms with Crippen molar-refractivity contribution in [2.24, 2.45) is 5.92 Å². The summed E-state index contributed by atoms with van der Waals surface area (Å²) in [5, 5.41) is 19.1. The van der Waals surface area contributed by atoms with Crippen LogP contribution in [0.15, 0.2) is 22.3 Å². The fourth-order valence-corrected chi connectivity index (χ4v) is 6.56. The number of hydrogen-bond donors (Lipinski definition) is 2. The van der Waals surface area contributed by atoms with Gasteiger partial charge in [-0.2, -0.15) is 0 Å². The van der Waals surface area contributed by atoms with Crippen LogP contribution in [0.5, 0.6) is 0 Å². The Morgan fingerprint density at radius 3 is 3.00 bits per heavy atom. The first-order valence-electron chi connectivity index (χ1n) is 7.29. The number of nitrogens with zero attached hydrogens (tertiary/aromatic N) is 3.